The number of nitrogens with zero attached hydrogens (tertiary/aromatic N) is 1. The molecule has 1 N–H and O–H groups in total. The summed E-state index contributed by atoms with van der Waals surface area (Å²) in [6, 6.07) is 15.4. The minimum Gasteiger partial charge on any atom is -0.445 e. The molecule has 0 saturated heterocycles. The summed E-state index contributed by atoms with van der Waals surface area (Å²) in [6.07, 6.45) is 0.478. The summed E-state index contributed by atoms with van der Waals surface area (Å²) < 4.78 is 18.3. The van der Waals surface area contributed by atoms with E-state index >= 15 is 0 Å². The van der Waals surface area contributed by atoms with Crippen LogP contribution >= 0.6 is 0 Å². The van der Waals surface area contributed by atoms with E-state index in [2.05, 4.69) is 0 Å². The lowest BCUT2D eigenvalue weighted by Gasteiger charge is -2.29. The summed E-state index contributed by atoms with van der Waals surface area (Å²) in [5, 5.41) is 10.3. The number of carbonyl (C=O) groups is 1. The second-order valence-corrected chi connectivity index (χ2v) is 5.63. The quantitative estimate of drug-likeness (QED) is 0.942. The molecule has 124 valence electrons. The maximum Gasteiger partial charge on any atom is 0.410 e. The van der Waals surface area contributed by atoms with Crippen molar-refractivity contribution in [3.8, 4) is 0 Å². The lowest BCUT2D eigenvalue weighted by molar-refractivity contribution is 0.0818. The fourth-order valence-electron chi connectivity index (χ4n) is 2.64. The topological polar surface area (TPSA) is 49.8 Å². The zero-order chi connectivity index (χ0) is 16.9. The van der Waals surface area contributed by atoms with Gasteiger partial charge in [0.05, 0.1) is 12.6 Å². The number of carbonyl (C=O) groups excluding carboxylic acids is 1. The highest BCUT2D eigenvalue weighted by Crippen LogP contribution is 2.23. The van der Waals surface area contributed by atoms with Gasteiger partial charge >= 0.3 is 6.09 Å². The van der Waals surface area contributed by atoms with Crippen LogP contribution in [-0.2, 0) is 11.3 Å². The maximum atomic E-state index is 13.0. The molecule has 1 amide bonds. The first-order valence-electron chi connectivity index (χ1n) is 7.73. The van der Waals surface area contributed by atoms with Crippen molar-refractivity contribution in [2.45, 2.75) is 12.7 Å². The number of β-amino-alcohol motifs (C(OH)–C–C–N with tert-alkyl or cyclic N) is 1. The molecule has 1 aliphatic rings. The number of amides is 1. The van der Waals surface area contributed by atoms with Gasteiger partial charge in [-0.05, 0) is 28.8 Å². The highest BCUT2D eigenvalue weighted by Gasteiger charge is 2.25. The Kier molecular flexibility index (Phi) is 4.91. The van der Waals surface area contributed by atoms with Crippen molar-refractivity contribution in [1.82, 2.24) is 4.90 Å². The minimum absolute atomic E-state index is 0.150. The Morgan fingerprint density at radius 2 is 1.88 bits per heavy atom. The van der Waals surface area contributed by atoms with Crippen molar-refractivity contribution in [2.24, 2.45) is 0 Å². The monoisotopic (exact) mass is 327 g/mol. The van der Waals surface area contributed by atoms with Crippen LogP contribution in [0.2, 0.25) is 0 Å². The van der Waals surface area contributed by atoms with Crippen LogP contribution in [0, 0.1) is 5.82 Å². The lowest BCUT2D eigenvalue weighted by atomic mass is 9.97. The summed E-state index contributed by atoms with van der Waals surface area (Å²) >= 11 is 0. The molecule has 0 fully saturated rings. The van der Waals surface area contributed by atoms with Gasteiger partial charge in [-0.3, -0.25) is 0 Å². The molecule has 2 aromatic carbocycles. The van der Waals surface area contributed by atoms with Crippen molar-refractivity contribution >= 4 is 11.7 Å². The van der Waals surface area contributed by atoms with E-state index in [1.807, 2.05) is 30.3 Å². The van der Waals surface area contributed by atoms with Gasteiger partial charge in [-0.2, -0.15) is 0 Å². The summed E-state index contributed by atoms with van der Waals surface area (Å²) in [6.45, 7) is 0.690. The molecule has 0 radical (unpaired) electrons. The lowest BCUT2D eigenvalue weighted by Crippen LogP contribution is -2.41. The second-order valence-electron chi connectivity index (χ2n) is 5.63. The van der Waals surface area contributed by atoms with Gasteiger partial charge in [-0.15, -0.1) is 0 Å². The third-order valence-corrected chi connectivity index (χ3v) is 3.92. The number of ether oxygens (including phenoxy) is 1. The van der Waals surface area contributed by atoms with Crippen LogP contribution in [0.25, 0.3) is 5.57 Å². The van der Waals surface area contributed by atoms with Gasteiger partial charge in [0.2, 0.25) is 0 Å². The fourth-order valence-corrected chi connectivity index (χ4v) is 2.64. The summed E-state index contributed by atoms with van der Waals surface area (Å²) in [5.41, 5.74) is 2.36. The van der Waals surface area contributed by atoms with Gasteiger partial charge in [0.15, 0.2) is 0 Å². The first-order valence-corrected chi connectivity index (χ1v) is 7.73. The van der Waals surface area contributed by atoms with Crippen molar-refractivity contribution in [3.05, 3.63) is 77.6 Å². The number of halogens is 1. The van der Waals surface area contributed by atoms with E-state index < -0.39 is 12.2 Å². The molecule has 0 bridgehead atoms. The van der Waals surface area contributed by atoms with Gasteiger partial charge < -0.3 is 14.7 Å². The van der Waals surface area contributed by atoms with Crippen molar-refractivity contribution in [2.75, 3.05) is 13.1 Å². The van der Waals surface area contributed by atoms with Gasteiger partial charge in [-0.25, -0.2) is 9.18 Å². The van der Waals surface area contributed by atoms with Crippen LogP contribution in [0.4, 0.5) is 9.18 Å². The summed E-state index contributed by atoms with van der Waals surface area (Å²) in [5.74, 6) is -0.323. The van der Waals surface area contributed by atoms with Crippen LogP contribution in [-0.4, -0.2) is 35.3 Å². The van der Waals surface area contributed by atoms with Crippen LogP contribution in [0.1, 0.15) is 11.1 Å². The largest absolute Gasteiger partial charge is 0.445 e. The Hall–Kier alpha value is -2.66. The van der Waals surface area contributed by atoms with E-state index in [4.69, 9.17) is 4.74 Å². The van der Waals surface area contributed by atoms with E-state index in [0.29, 0.717) is 12.1 Å². The van der Waals surface area contributed by atoms with Crippen LogP contribution in [0.3, 0.4) is 0 Å². The van der Waals surface area contributed by atoms with Gasteiger partial charge in [0, 0.05) is 6.54 Å². The van der Waals surface area contributed by atoms with Crippen molar-refractivity contribution in [1.29, 1.82) is 0 Å². The molecule has 0 aliphatic carbocycles. The number of hydrogen-bond acceptors (Lipinski definition) is 3. The molecule has 1 unspecified atom stereocenters. The molecule has 1 aliphatic heterocycles. The highest BCUT2D eigenvalue weighted by molar-refractivity contribution is 5.74. The Morgan fingerprint density at radius 3 is 2.54 bits per heavy atom. The predicted octanol–water partition coefficient (Wildman–Crippen LogP) is 3.22. The van der Waals surface area contributed by atoms with E-state index in [1.165, 1.54) is 17.0 Å². The molecule has 5 heteroatoms. The molecule has 1 atom stereocenters. The summed E-state index contributed by atoms with van der Waals surface area (Å²) in [4.78, 5) is 13.6. The average molecular weight is 327 g/mol. The van der Waals surface area contributed by atoms with Gasteiger partial charge in [-0.1, -0.05) is 48.5 Å². The summed E-state index contributed by atoms with van der Waals surface area (Å²) in [7, 11) is 0. The minimum atomic E-state index is -0.825. The molecule has 0 aromatic heterocycles. The Labute approximate surface area is 139 Å². The normalized spacial score (nSPS) is 17.3. The molecule has 1 heterocycles. The SMILES string of the molecule is O=C(OCc1ccccc1)N1CC=C(c2ccc(F)cc2)C(O)C1. The third-order valence-electron chi connectivity index (χ3n) is 3.92. The smallest absolute Gasteiger partial charge is 0.410 e. The average Bonchev–Trinajstić information content (AvgIpc) is 2.61. The number of aliphatic hydroxyl groups excluding tert-OH is 1. The maximum absolute atomic E-state index is 13.0. The Morgan fingerprint density at radius 1 is 1.17 bits per heavy atom. The van der Waals surface area contributed by atoms with Crippen molar-refractivity contribution < 1.29 is 19.0 Å². The standard InChI is InChI=1S/C19H18FNO3/c20-16-8-6-15(7-9-16)17-10-11-21(12-18(17)22)19(23)24-13-14-4-2-1-3-5-14/h1-10,18,22H,11-13H2. The first-order chi connectivity index (χ1) is 11.6. The Bertz CT molecular complexity index is 728. The van der Waals surface area contributed by atoms with Gasteiger partial charge in [0.25, 0.3) is 0 Å². The zero-order valence-corrected chi connectivity index (χ0v) is 13.1. The Balaban J connectivity index is 1.61. The molecular formula is C19H18FNO3. The van der Waals surface area contributed by atoms with Crippen molar-refractivity contribution in [3.63, 3.8) is 0 Å². The molecule has 0 spiro atoms. The zero-order valence-electron chi connectivity index (χ0n) is 13.1. The van der Waals surface area contributed by atoms with Crippen LogP contribution < -0.4 is 0 Å². The van der Waals surface area contributed by atoms with Crippen LogP contribution in [0.15, 0.2) is 60.7 Å². The molecule has 3 rings (SSSR count). The van der Waals surface area contributed by atoms with Crippen LogP contribution in [0.5, 0.6) is 0 Å². The second kappa shape index (κ2) is 7.27. The molecule has 0 saturated carbocycles. The van der Waals surface area contributed by atoms with E-state index in [0.717, 1.165) is 11.1 Å². The number of aliphatic hydroxyl groups is 1. The predicted molar refractivity (Wildman–Crippen MR) is 88.6 cm³/mol. The fraction of sp³-hybridized carbons (Fsp3) is 0.211. The van der Waals surface area contributed by atoms with E-state index in [9.17, 15) is 14.3 Å². The molecule has 24 heavy (non-hydrogen) atoms. The first kappa shape index (κ1) is 16.2. The molecule has 2 aromatic rings. The number of rotatable bonds is 3. The number of hydrogen-bond donors (Lipinski definition) is 1. The number of benzene rings is 2. The van der Waals surface area contributed by atoms with E-state index in [-0.39, 0.29) is 19.0 Å². The van der Waals surface area contributed by atoms with E-state index in [1.54, 1.807) is 18.2 Å². The molecular weight excluding hydrogens is 309 g/mol. The molecule has 4 nitrogen and oxygen atoms in total. The highest BCUT2D eigenvalue weighted by atomic mass is 19.1. The third kappa shape index (κ3) is 3.81. The van der Waals surface area contributed by atoms with Gasteiger partial charge in [0.1, 0.15) is 12.4 Å².